The average molecular weight is 385 g/mol. The van der Waals surface area contributed by atoms with Gasteiger partial charge in [-0.3, -0.25) is 4.68 Å². The Morgan fingerprint density at radius 2 is 1.76 bits per heavy atom. The topological polar surface area (TPSA) is 94.5 Å². The maximum atomic E-state index is 5.74. The zero-order valence-electron chi connectivity index (χ0n) is 16.5. The standard InChI is InChI=1S/C22H23N7/c1-3-29-14-16(11-27-29)10-25-22-26-13-19(18-8-9-20(23)24-12-18)21(28-22)17-6-4-15(2)5-7-17/h4-9,11-14H,3,10H2,1-2H3,(H2,23,24)(H,25,26,28). The molecule has 0 atom stereocenters. The van der Waals surface area contributed by atoms with E-state index in [0.29, 0.717) is 18.3 Å². The molecule has 1 aromatic carbocycles. The van der Waals surface area contributed by atoms with Crippen molar-refractivity contribution in [2.45, 2.75) is 26.9 Å². The third-order valence-corrected chi connectivity index (χ3v) is 4.67. The number of benzene rings is 1. The number of nitrogens with zero attached hydrogens (tertiary/aromatic N) is 5. The van der Waals surface area contributed by atoms with Crippen LogP contribution in [0.25, 0.3) is 22.4 Å². The van der Waals surface area contributed by atoms with Crippen molar-refractivity contribution in [1.82, 2.24) is 24.7 Å². The molecule has 0 unspecified atom stereocenters. The van der Waals surface area contributed by atoms with Crippen molar-refractivity contribution in [3.8, 4) is 22.4 Å². The second kappa shape index (κ2) is 8.10. The van der Waals surface area contributed by atoms with E-state index in [9.17, 15) is 0 Å². The number of hydrogen-bond acceptors (Lipinski definition) is 6. The largest absolute Gasteiger partial charge is 0.384 e. The molecule has 0 radical (unpaired) electrons. The number of anilines is 2. The molecule has 0 fully saturated rings. The van der Waals surface area contributed by atoms with Gasteiger partial charge in [-0.2, -0.15) is 5.10 Å². The second-order valence-electron chi connectivity index (χ2n) is 6.85. The van der Waals surface area contributed by atoms with Gasteiger partial charge >= 0.3 is 0 Å². The number of aryl methyl sites for hydroxylation is 2. The molecule has 146 valence electrons. The summed E-state index contributed by atoms with van der Waals surface area (Å²) in [5, 5.41) is 7.60. The Hall–Kier alpha value is -3.74. The molecule has 3 N–H and O–H groups in total. The van der Waals surface area contributed by atoms with E-state index >= 15 is 0 Å². The molecule has 0 aliphatic rings. The highest BCUT2D eigenvalue weighted by atomic mass is 15.3. The minimum atomic E-state index is 0.484. The SMILES string of the molecule is CCn1cc(CNc2ncc(-c3ccc(N)nc3)c(-c3ccc(C)cc3)n2)cn1. The molecule has 29 heavy (non-hydrogen) atoms. The van der Waals surface area contributed by atoms with E-state index in [1.165, 1.54) is 5.56 Å². The van der Waals surface area contributed by atoms with Gasteiger partial charge in [-0.25, -0.2) is 15.0 Å². The first-order valence-corrected chi connectivity index (χ1v) is 9.53. The molecule has 0 aliphatic carbocycles. The van der Waals surface area contributed by atoms with Gasteiger partial charge in [0.25, 0.3) is 0 Å². The highest BCUT2D eigenvalue weighted by Crippen LogP contribution is 2.31. The van der Waals surface area contributed by atoms with Crippen LogP contribution in [-0.2, 0) is 13.1 Å². The number of hydrogen-bond donors (Lipinski definition) is 2. The fraction of sp³-hybridized carbons (Fsp3) is 0.182. The molecule has 3 aromatic heterocycles. The van der Waals surface area contributed by atoms with Gasteiger partial charge in [-0.05, 0) is 26.0 Å². The van der Waals surface area contributed by atoms with Crippen LogP contribution in [0, 0.1) is 6.92 Å². The fourth-order valence-corrected chi connectivity index (χ4v) is 3.03. The monoisotopic (exact) mass is 385 g/mol. The van der Waals surface area contributed by atoms with Crippen molar-refractivity contribution in [2.75, 3.05) is 11.1 Å². The van der Waals surface area contributed by atoms with Crippen molar-refractivity contribution < 1.29 is 0 Å². The molecule has 4 aromatic rings. The van der Waals surface area contributed by atoms with Gasteiger partial charge in [0, 0.05) is 53.9 Å². The summed E-state index contributed by atoms with van der Waals surface area (Å²) in [6.07, 6.45) is 7.44. The maximum absolute atomic E-state index is 5.74. The molecule has 0 bridgehead atoms. The van der Waals surface area contributed by atoms with Crippen molar-refractivity contribution >= 4 is 11.8 Å². The zero-order valence-corrected chi connectivity index (χ0v) is 16.5. The Balaban J connectivity index is 1.68. The Bertz CT molecular complexity index is 1100. The smallest absolute Gasteiger partial charge is 0.223 e. The number of pyridine rings is 1. The summed E-state index contributed by atoms with van der Waals surface area (Å²) in [4.78, 5) is 13.5. The lowest BCUT2D eigenvalue weighted by atomic mass is 10.0. The first-order chi connectivity index (χ1) is 14.1. The summed E-state index contributed by atoms with van der Waals surface area (Å²) in [7, 11) is 0. The average Bonchev–Trinajstić information content (AvgIpc) is 3.22. The predicted octanol–water partition coefficient (Wildman–Crippen LogP) is 3.92. The molecule has 0 spiro atoms. The Morgan fingerprint density at radius 3 is 2.45 bits per heavy atom. The van der Waals surface area contributed by atoms with Crippen LogP contribution in [0.15, 0.2) is 61.2 Å². The molecular formula is C22H23N7. The third-order valence-electron chi connectivity index (χ3n) is 4.67. The molecule has 0 saturated carbocycles. The Labute approximate surface area is 169 Å². The lowest BCUT2D eigenvalue weighted by Crippen LogP contribution is -2.05. The Kier molecular flexibility index (Phi) is 5.20. The highest BCUT2D eigenvalue weighted by Gasteiger charge is 2.12. The van der Waals surface area contributed by atoms with Crippen LogP contribution in [0.2, 0.25) is 0 Å². The third kappa shape index (κ3) is 4.24. The van der Waals surface area contributed by atoms with Crippen molar-refractivity contribution in [3.05, 3.63) is 72.3 Å². The number of nitrogens with two attached hydrogens (primary N) is 1. The molecular weight excluding hydrogens is 362 g/mol. The van der Waals surface area contributed by atoms with Crippen LogP contribution in [0.4, 0.5) is 11.8 Å². The molecule has 3 heterocycles. The van der Waals surface area contributed by atoms with Gasteiger partial charge in [-0.1, -0.05) is 29.8 Å². The normalized spacial score (nSPS) is 10.8. The van der Waals surface area contributed by atoms with Gasteiger partial charge in [0.1, 0.15) is 5.82 Å². The summed E-state index contributed by atoms with van der Waals surface area (Å²) in [5.41, 5.74) is 11.7. The van der Waals surface area contributed by atoms with Gasteiger partial charge in [-0.15, -0.1) is 0 Å². The van der Waals surface area contributed by atoms with E-state index < -0.39 is 0 Å². The van der Waals surface area contributed by atoms with E-state index in [-0.39, 0.29) is 0 Å². The number of rotatable bonds is 6. The van der Waals surface area contributed by atoms with Crippen LogP contribution in [0.1, 0.15) is 18.1 Å². The maximum Gasteiger partial charge on any atom is 0.223 e. The number of aromatic nitrogens is 5. The van der Waals surface area contributed by atoms with E-state index in [1.54, 1.807) is 12.3 Å². The van der Waals surface area contributed by atoms with Crippen molar-refractivity contribution in [1.29, 1.82) is 0 Å². The minimum absolute atomic E-state index is 0.484. The highest BCUT2D eigenvalue weighted by molar-refractivity contribution is 5.80. The van der Waals surface area contributed by atoms with E-state index in [4.69, 9.17) is 10.7 Å². The van der Waals surface area contributed by atoms with Crippen LogP contribution >= 0.6 is 0 Å². The minimum Gasteiger partial charge on any atom is -0.384 e. The summed E-state index contributed by atoms with van der Waals surface area (Å²) >= 11 is 0. The molecule has 0 amide bonds. The molecule has 7 nitrogen and oxygen atoms in total. The summed E-state index contributed by atoms with van der Waals surface area (Å²) < 4.78 is 1.90. The molecule has 0 aliphatic heterocycles. The molecule has 7 heteroatoms. The number of nitrogens with one attached hydrogen (secondary N) is 1. The Morgan fingerprint density at radius 1 is 0.966 bits per heavy atom. The quantitative estimate of drug-likeness (QED) is 0.522. The van der Waals surface area contributed by atoms with Gasteiger partial charge in [0.2, 0.25) is 5.95 Å². The summed E-state index contributed by atoms with van der Waals surface area (Å²) in [6, 6.07) is 12.0. The molecule has 0 saturated heterocycles. The fourth-order valence-electron chi connectivity index (χ4n) is 3.03. The van der Waals surface area contributed by atoms with Gasteiger partial charge < -0.3 is 11.1 Å². The summed E-state index contributed by atoms with van der Waals surface area (Å²) in [5.74, 6) is 1.05. The van der Waals surface area contributed by atoms with Crippen molar-refractivity contribution in [2.24, 2.45) is 0 Å². The van der Waals surface area contributed by atoms with Crippen LogP contribution in [0.3, 0.4) is 0 Å². The summed E-state index contributed by atoms with van der Waals surface area (Å²) in [6.45, 7) is 5.58. The predicted molar refractivity (Wildman–Crippen MR) is 115 cm³/mol. The van der Waals surface area contributed by atoms with Crippen LogP contribution in [0.5, 0.6) is 0 Å². The van der Waals surface area contributed by atoms with Gasteiger partial charge in [0.15, 0.2) is 0 Å². The van der Waals surface area contributed by atoms with E-state index in [0.717, 1.165) is 34.5 Å². The zero-order chi connectivity index (χ0) is 20.2. The van der Waals surface area contributed by atoms with Gasteiger partial charge in [0.05, 0.1) is 11.9 Å². The van der Waals surface area contributed by atoms with E-state index in [1.807, 2.05) is 29.3 Å². The van der Waals surface area contributed by atoms with Crippen LogP contribution < -0.4 is 11.1 Å². The molecule has 4 rings (SSSR count). The van der Waals surface area contributed by atoms with Crippen LogP contribution in [-0.4, -0.2) is 24.7 Å². The van der Waals surface area contributed by atoms with E-state index in [2.05, 4.69) is 58.5 Å². The lowest BCUT2D eigenvalue weighted by molar-refractivity contribution is 0.659. The first kappa shape index (κ1) is 18.6. The lowest BCUT2D eigenvalue weighted by Gasteiger charge is -2.12. The van der Waals surface area contributed by atoms with Crippen molar-refractivity contribution in [3.63, 3.8) is 0 Å². The first-order valence-electron chi connectivity index (χ1n) is 9.53. The number of nitrogen functional groups attached to an aromatic ring is 1. The second-order valence-corrected chi connectivity index (χ2v) is 6.85.